The number of rotatable bonds is 5. The lowest BCUT2D eigenvalue weighted by atomic mass is 10.0. The molecule has 0 bridgehead atoms. The Hall–Kier alpha value is -2.91. The first-order chi connectivity index (χ1) is 15.6. The van der Waals surface area contributed by atoms with Crippen molar-refractivity contribution >= 4 is 44.9 Å². The van der Waals surface area contributed by atoms with Crippen molar-refractivity contribution in [3.63, 3.8) is 0 Å². The van der Waals surface area contributed by atoms with Crippen LogP contribution in [-0.2, 0) is 18.9 Å². The summed E-state index contributed by atoms with van der Waals surface area (Å²) in [7, 11) is 3.55. The summed E-state index contributed by atoms with van der Waals surface area (Å²) in [4.78, 5) is 31.6. The van der Waals surface area contributed by atoms with Gasteiger partial charge in [0.15, 0.2) is 5.16 Å². The molecule has 4 aromatic rings. The average Bonchev–Trinajstić information content (AvgIpc) is 3.29. The first-order valence-corrected chi connectivity index (χ1v) is 12.4. The lowest BCUT2D eigenvalue weighted by Crippen LogP contribution is -2.26. The first-order valence-electron chi connectivity index (χ1n) is 10.6. The van der Waals surface area contributed by atoms with Crippen molar-refractivity contribution in [3.8, 4) is 11.1 Å². The minimum atomic E-state index is -0.446. The second-order valence-corrected chi connectivity index (χ2v) is 10.5. The van der Waals surface area contributed by atoms with Gasteiger partial charge in [-0.25, -0.2) is 4.98 Å². The molecule has 1 N–H and O–H groups in total. The van der Waals surface area contributed by atoms with E-state index in [1.807, 2.05) is 39.3 Å². The number of thioether (sulfide) groups is 1. The zero-order valence-corrected chi connectivity index (χ0v) is 21.4. The van der Waals surface area contributed by atoms with Gasteiger partial charge in [0.1, 0.15) is 4.83 Å². The number of nitrogens with one attached hydrogen (secondary N) is 1. The highest BCUT2D eigenvalue weighted by molar-refractivity contribution is 8.00. The fourth-order valence-corrected chi connectivity index (χ4v) is 5.53. The normalized spacial score (nSPS) is 12.3. The maximum atomic E-state index is 13.3. The molecule has 4 rings (SSSR count). The molecule has 0 saturated heterocycles. The Labute approximate surface area is 200 Å². The van der Waals surface area contributed by atoms with Crippen LogP contribution in [-0.4, -0.2) is 30.5 Å². The summed E-state index contributed by atoms with van der Waals surface area (Å²) >= 11 is 2.73. The number of amides is 1. The van der Waals surface area contributed by atoms with E-state index in [0.29, 0.717) is 15.4 Å². The van der Waals surface area contributed by atoms with E-state index in [9.17, 15) is 9.59 Å². The lowest BCUT2D eigenvalue weighted by molar-refractivity contribution is -0.115. The molecule has 1 amide bonds. The lowest BCUT2D eigenvalue weighted by Gasteiger charge is -2.14. The SMILES string of the molecule is Cc1ccc(-c2csc3nc(SC(C)C(=O)Nc4c(C)nn(C)c4C)n(C)c(=O)c23)cc1C. The molecule has 3 aromatic heterocycles. The molecule has 1 atom stereocenters. The summed E-state index contributed by atoms with van der Waals surface area (Å²) in [6.45, 7) is 9.73. The molecular formula is C24H27N5O2S2. The molecule has 9 heteroatoms. The van der Waals surface area contributed by atoms with Crippen LogP contribution in [0.1, 0.15) is 29.4 Å². The maximum Gasteiger partial charge on any atom is 0.263 e. The molecule has 1 unspecified atom stereocenters. The molecule has 0 saturated carbocycles. The van der Waals surface area contributed by atoms with Crippen LogP contribution >= 0.6 is 23.1 Å². The summed E-state index contributed by atoms with van der Waals surface area (Å²) in [6.07, 6.45) is 0. The van der Waals surface area contributed by atoms with Crippen molar-refractivity contribution in [3.05, 3.63) is 56.4 Å². The van der Waals surface area contributed by atoms with Gasteiger partial charge in [0, 0.05) is 25.0 Å². The first kappa shape index (κ1) is 23.3. The van der Waals surface area contributed by atoms with Crippen LogP contribution in [0.4, 0.5) is 5.69 Å². The minimum absolute atomic E-state index is 0.108. The molecule has 172 valence electrons. The molecule has 7 nitrogen and oxygen atoms in total. The number of thiophene rings is 1. The third-order valence-electron chi connectivity index (χ3n) is 6.00. The second-order valence-electron chi connectivity index (χ2n) is 8.31. The van der Waals surface area contributed by atoms with Gasteiger partial charge in [-0.05, 0) is 51.3 Å². The highest BCUT2D eigenvalue weighted by atomic mass is 32.2. The quantitative estimate of drug-likeness (QED) is 0.329. The van der Waals surface area contributed by atoms with E-state index in [4.69, 9.17) is 4.98 Å². The van der Waals surface area contributed by atoms with Gasteiger partial charge in [-0.15, -0.1) is 11.3 Å². The molecule has 33 heavy (non-hydrogen) atoms. The van der Waals surface area contributed by atoms with Crippen LogP contribution in [0.2, 0.25) is 0 Å². The number of carbonyl (C=O) groups is 1. The Bertz CT molecular complexity index is 1450. The molecular weight excluding hydrogens is 454 g/mol. The Morgan fingerprint density at radius 2 is 1.88 bits per heavy atom. The fourth-order valence-electron chi connectivity index (χ4n) is 3.67. The Morgan fingerprint density at radius 1 is 1.15 bits per heavy atom. The summed E-state index contributed by atoms with van der Waals surface area (Å²) in [6, 6.07) is 6.22. The third kappa shape index (κ3) is 4.22. The van der Waals surface area contributed by atoms with Crippen molar-refractivity contribution in [1.29, 1.82) is 0 Å². The summed E-state index contributed by atoms with van der Waals surface area (Å²) in [5.41, 5.74) is 6.59. The molecule has 3 heterocycles. The summed E-state index contributed by atoms with van der Waals surface area (Å²) < 4.78 is 3.28. The number of benzene rings is 1. The van der Waals surface area contributed by atoms with Gasteiger partial charge >= 0.3 is 0 Å². The minimum Gasteiger partial charge on any atom is -0.322 e. The maximum absolute atomic E-state index is 13.3. The monoisotopic (exact) mass is 481 g/mol. The van der Waals surface area contributed by atoms with Crippen LogP contribution in [0, 0.1) is 27.7 Å². The highest BCUT2D eigenvalue weighted by Crippen LogP contribution is 2.33. The van der Waals surface area contributed by atoms with E-state index in [1.54, 1.807) is 11.7 Å². The van der Waals surface area contributed by atoms with Crippen molar-refractivity contribution in [2.75, 3.05) is 5.32 Å². The summed E-state index contributed by atoms with van der Waals surface area (Å²) in [5, 5.41) is 9.99. The molecule has 0 spiro atoms. The van der Waals surface area contributed by atoms with E-state index in [0.717, 1.165) is 28.2 Å². The number of hydrogen-bond donors (Lipinski definition) is 1. The van der Waals surface area contributed by atoms with Gasteiger partial charge in [0.25, 0.3) is 5.56 Å². The largest absolute Gasteiger partial charge is 0.322 e. The van der Waals surface area contributed by atoms with Crippen molar-refractivity contribution in [2.45, 2.75) is 45.0 Å². The van der Waals surface area contributed by atoms with Crippen LogP contribution in [0.5, 0.6) is 0 Å². The van der Waals surface area contributed by atoms with Gasteiger partial charge < -0.3 is 5.32 Å². The third-order valence-corrected chi connectivity index (χ3v) is 8.02. The van der Waals surface area contributed by atoms with E-state index in [2.05, 4.69) is 36.4 Å². The van der Waals surface area contributed by atoms with Crippen LogP contribution < -0.4 is 10.9 Å². The Morgan fingerprint density at radius 3 is 2.52 bits per heavy atom. The Kier molecular flexibility index (Phi) is 6.20. The van der Waals surface area contributed by atoms with Gasteiger partial charge in [-0.1, -0.05) is 30.0 Å². The van der Waals surface area contributed by atoms with Crippen LogP contribution in [0.3, 0.4) is 0 Å². The average molecular weight is 482 g/mol. The van der Waals surface area contributed by atoms with E-state index >= 15 is 0 Å². The van der Waals surface area contributed by atoms with E-state index < -0.39 is 5.25 Å². The predicted molar refractivity (Wildman–Crippen MR) is 136 cm³/mol. The summed E-state index contributed by atoms with van der Waals surface area (Å²) in [5.74, 6) is -0.157. The molecule has 1 aromatic carbocycles. The highest BCUT2D eigenvalue weighted by Gasteiger charge is 2.22. The Balaban J connectivity index is 1.64. The second kappa shape index (κ2) is 8.79. The zero-order valence-electron chi connectivity index (χ0n) is 19.8. The number of carbonyl (C=O) groups excluding carboxylic acids is 1. The van der Waals surface area contributed by atoms with Crippen molar-refractivity contribution in [2.24, 2.45) is 14.1 Å². The standard InChI is InChI=1S/C24H27N5O2S2/c1-12-8-9-17(10-13(12)2)18-11-32-22-19(18)23(31)28(6)24(26-22)33-16(5)21(30)25-20-14(3)27-29(7)15(20)4/h8-11,16H,1-7H3,(H,25,30). The van der Waals surface area contributed by atoms with Crippen molar-refractivity contribution in [1.82, 2.24) is 19.3 Å². The van der Waals surface area contributed by atoms with E-state index in [-0.39, 0.29) is 11.5 Å². The van der Waals surface area contributed by atoms with Crippen LogP contribution in [0.25, 0.3) is 21.3 Å². The molecule has 0 aliphatic heterocycles. The number of hydrogen-bond acceptors (Lipinski definition) is 6. The number of nitrogens with zero attached hydrogens (tertiary/aromatic N) is 4. The van der Waals surface area contributed by atoms with Crippen molar-refractivity contribution < 1.29 is 4.79 Å². The van der Waals surface area contributed by atoms with E-state index in [1.165, 1.54) is 38.8 Å². The molecule has 0 aliphatic carbocycles. The van der Waals surface area contributed by atoms with Crippen LogP contribution in [0.15, 0.2) is 33.5 Å². The topological polar surface area (TPSA) is 81.8 Å². The number of anilines is 1. The molecule has 0 radical (unpaired) electrons. The fraction of sp³-hybridized carbons (Fsp3) is 0.333. The molecule has 0 fully saturated rings. The number of aryl methyl sites for hydroxylation is 4. The number of fused-ring (bicyclic) bond motifs is 1. The van der Waals surface area contributed by atoms with Gasteiger partial charge in [-0.2, -0.15) is 5.10 Å². The smallest absolute Gasteiger partial charge is 0.263 e. The number of aromatic nitrogens is 4. The molecule has 0 aliphatic rings. The van der Waals surface area contributed by atoms with Gasteiger partial charge in [0.05, 0.1) is 27.7 Å². The van der Waals surface area contributed by atoms with Gasteiger partial charge in [0.2, 0.25) is 5.91 Å². The van der Waals surface area contributed by atoms with Gasteiger partial charge in [-0.3, -0.25) is 18.8 Å². The predicted octanol–water partition coefficient (Wildman–Crippen LogP) is 4.75. The zero-order chi connectivity index (χ0) is 24.0.